The quantitative estimate of drug-likeness (QED) is 0.220. The first-order valence-corrected chi connectivity index (χ1v) is 13.1. The predicted octanol–water partition coefficient (Wildman–Crippen LogP) is 4.63. The molecule has 6 nitrogen and oxygen atoms in total. The van der Waals surface area contributed by atoms with Crippen molar-refractivity contribution in [2.75, 3.05) is 11.5 Å². The van der Waals surface area contributed by atoms with Crippen LogP contribution >= 0.6 is 31.9 Å². The van der Waals surface area contributed by atoms with Crippen LogP contribution in [0.25, 0.3) is 0 Å². The third kappa shape index (κ3) is 3.66. The van der Waals surface area contributed by atoms with Gasteiger partial charge in [-0.25, -0.2) is 4.79 Å². The van der Waals surface area contributed by atoms with Gasteiger partial charge in [-0.05, 0) is 61.9 Å². The van der Waals surface area contributed by atoms with Crippen LogP contribution in [0.5, 0.6) is 0 Å². The summed E-state index contributed by atoms with van der Waals surface area (Å²) in [6, 6.07) is 11.8. The van der Waals surface area contributed by atoms with E-state index in [1.165, 1.54) is 11.0 Å². The lowest BCUT2D eigenvalue weighted by Crippen LogP contribution is -2.37. The van der Waals surface area contributed by atoms with E-state index < -0.39 is 5.97 Å². The molecule has 0 spiro atoms. The fraction of sp³-hybridized carbons (Fsp3) is 0.385. The van der Waals surface area contributed by atoms with Crippen LogP contribution < -0.4 is 4.90 Å². The third-order valence-electron chi connectivity index (χ3n) is 7.35. The number of halogens is 2. The average molecular weight is 589 g/mol. The minimum Gasteiger partial charge on any atom is -0.454 e. The zero-order chi connectivity index (χ0) is 24.3. The number of fused-ring (bicyclic) bond motifs is 5. The van der Waals surface area contributed by atoms with Gasteiger partial charge >= 0.3 is 5.97 Å². The third-order valence-corrected chi connectivity index (χ3v) is 10.6. The van der Waals surface area contributed by atoms with Gasteiger partial charge in [0.15, 0.2) is 6.61 Å². The number of nitrogens with zero attached hydrogens (tertiary/aromatic N) is 1. The van der Waals surface area contributed by atoms with Crippen molar-refractivity contribution in [2.45, 2.75) is 29.9 Å². The molecule has 2 aromatic rings. The van der Waals surface area contributed by atoms with Crippen LogP contribution in [0.2, 0.25) is 0 Å². The second-order valence-electron chi connectivity index (χ2n) is 9.38. The van der Waals surface area contributed by atoms with Gasteiger partial charge < -0.3 is 4.74 Å². The molecular weight excluding hydrogens is 566 g/mol. The first-order chi connectivity index (χ1) is 16.2. The minimum atomic E-state index is -0.680. The number of aryl methyl sites for hydroxylation is 2. The van der Waals surface area contributed by atoms with Gasteiger partial charge in [-0.3, -0.25) is 19.3 Å². The predicted molar refractivity (Wildman–Crippen MR) is 133 cm³/mol. The smallest absolute Gasteiger partial charge is 0.338 e. The molecule has 176 valence electrons. The summed E-state index contributed by atoms with van der Waals surface area (Å²) in [6.45, 7) is 3.34. The fourth-order valence-corrected chi connectivity index (χ4v) is 7.58. The highest BCUT2D eigenvalue weighted by Crippen LogP contribution is 2.60. The number of carbonyl (C=O) groups is 4. The van der Waals surface area contributed by atoms with Crippen LogP contribution in [0, 0.1) is 37.5 Å². The molecule has 8 heteroatoms. The standard InChI is InChI=1S/C26H23Br2NO5/c1-12-6-7-13(2)16(8-12)19(30)11-34-26(33)14-4-3-5-15(9-14)29-24(31)20-17-10-18(21(20)25(29)32)23(28)22(17)27/h3-9,17-18,20-23H,10-11H2,1-2H3/t17-,18+,20-,21-,22-,23+/m0/s1. The van der Waals surface area contributed by atoms with Gasteiger partial charge in [0.2, 0.25) is 17.6 Å². The number of benzene rings is 2. The molecule has 1 aliphatic heterocycles. The van der Waals surface area contributed by atoms with Gasteiger partial charge in [-0.2, -0.15) is 0 Å². The van der Waals surface area contributed by atoms with Crippen molar-refractivity contribution in [1.29, 1.82) is 0 Å². The van der Waals surface area contributed by atoms with Crippen molar-refractivity contribution < 1.29 is 23.9 Å². The van der Waals surface area contributed by atoms with Crippen molar-refractivity contribution in [2.24, 2.45) is 23.7 Å². The molecule has 0 radical (unpaired) electrons. The van der Waals surface area contributed by atoms with E-state index in [1.54, 1.807) is 24.3 Å². The van der Waals surface area contributed by atoms with E-state index in [-0.39, 0.29) is 63.1 Å². The zero-order valence-electron chi connectivity index (χ0n) is 18.7. The van der Waals surface area contributed by atoms with E-state index >= 15 is 0 Å². The van der Waals surface area contributed by atoms with E-state index in [9.17, 15) is 19.2 Å². The zero-order valence-corrected chi connectivity index (χ0v) is 21.8. The second-order valence-corrected chi connectivity index (χ2v) is 11.5. The highest BCUT2D eigenvalue weighted by Gasteiger charge is 2.66. The highest BCUT2D eigenvalue weighted by atomic mass is 79.9. The molecule has 3 aliphatic rings. The Kier molecular flexibility index (Phi) is 6.01. The van der Waals surface area contributed by atoms with Gasteiger partial charge in [0.1, 0.15) is 0 Å². The Hall–Kier alpha value is -2.32. The summed E-state index contributed by atoms with van der Waals surface area (Å²) in [5.41, 5.74) is 2.82. The van der Waals surface area contributed by atoms with Crippen LogP contribution in [-0.4, -0.2) is 39.8 Å². The number of hydrogen-bond donors (Lipinski definition) is 0. The largest absolute Gasteiger partial charge is 0.454 e. The average Bonchev–Trinajstić information content (AvgIpc) is 3.43. The summed E-state index contributed by atoms with van der Waals surface area (Å²) in [7, 11) is 0. The molecule has 0 aromatic heterocycles. The maximum atomic E-state index is 13.3. The lowest BCUT2D eigenvalue weighted by Gasteiger charge is -2.28. The summed E-state index contributed by atoms with van der Waals surface area (Å²) in [6.07, 6.45) is 0.854. The summed E-state index contributed by atoms with van der Waals surface area (Å²) in [4.78, 5) is 53.3. The first kappa shape index (κ1) is 23.4. The number of ketones is 1. The monoisotopic (exact) mass is 587 g/mol. The summed E-state index contributed by atoms with van der Waals surface area (Å²) >= 11 is 7.38. The molecule has 34 heavy (non-hydrogen) atoms. The molecule has 3 fully saturated rings. The molecule has 1 saturated heterocycles. The Morgan fingerprint density at radius 1 is 0.971 bits per heavy atom. The minimum absolute atomic E-state index is 0.116. The summed E-state index contributed by atoms with van der Waals surface area (Å²) in [5, 5.41) is 0. The summed E-state index contributed by atoms with van der Waals surface area (Å²) in [5.74, 6) is -1.81. The molecule has 1 heterocycles. The Labute approximate surface area is 214 Å². The highest BCUT2D eigenvalue weighted by molar-refractivity contribution is 9.12. The first-order valence-electron chi connectivity index (χ1n) is 11.2. The Morgan fingerprint density at radius 3 is 2.26 bits per heavy atom. The molecule has 2 saturated carbocycles. The second kappa shape index (κ2) is 8.72. The number of hydrogen-bond acceptors (Lipinski definition) is 5. The van der Waals surface area contributed by atoms with Gasteiger partial charge in [-0.1, -0.05) is 55.6 Å². The van der Waals surface area contributed by atoms with E-state index in [4.69, 9.17) is 4.74 Å². The van der Waals surface area contributed by atoms with Crippen LogP contribution in [0.1, 0.15) is 38.3 Å². The molecule has 2 aromatic carbocycles. The van der Waals surface area contributed by atoms with E-state index in [2.05, 4.69) is 31.9 Å². The number of amides is 2. The lowest BCUT2D eigenvalue weighted by atomic mass is 9.81. The normalized spacial score (nSPS) is 29.5. The number of alkyl halides is 2. The van der Waals surface area contributed by atoms with Gasteiger partial charge in [0.05, 0.1) is 23.1 Å². The van der Waals surface area contributed by atoms with E-state index in [0.29, 0.717) is 11.3 Å². The molecule has 2 aliphatic carbocycles. The Balaban J connectivity index is 1.32. The molecule has 2 bridgehead atoms. The van der Waals surface area contributed by atoms with Gasteiger partial charge in [-0.15, -0.1) is 0 Å². The number of rotatable bonds is 5. The molecule has 0 unspecified atom stereocenters. The number of imide groups is 1. The van der Waals surface area contributed by atoms with Crippen molar-refractivity contribution in [1.82, 2.24) is 0 Å². The molecule has 5 rings (SSSR count). The van der Waals surface area contributed by atoms with Crippen LogP contribution in [0.3, 0.4) is 0 Å². The number of anilines is 1. The molecule has 2 amide bonds. The number of esters is 1. The van der Waals surface area contributed by atoms with Crippen molar-refractivity contribution in [3.63, 3.8) is 0 Å². The van der Waals surface area contributed by atoms with Gasteiger partial charge in [0, 0.05) is 15.2 Å². The van der Waals surface area contributed by atoms with Crippen LogP contribution in [0.4, 0.5) is 5.69 Å². The summed E-state index contributed by atoms with van der Waals surface area (Å²) < 4.78 is 5.27. The lowest BCUT2D eigenvalue weighted by molar-refractivity contribution is -0.123. The van der Waals surface area contributed by atoms with E-state index in [0.717, 1.165) is 17.5 Å². The topological polar surface area (TPSA) is 80.8 Å². The number of Topliss-reactive ketones (excluding diaryl/α,β-unsaturated/α-hetero) is 1. The molecular formula is C26H23Br2NO5. The van der Waals surface area contributed by atoms with Crippen molar-refractivity contribution in [3.8, 4) is 0 Å². The maximum absolute atomic E-state index is 13.3. The fourth-order valence-electron chi connectivity index (χ4n) is 5.70. The van der Waals surface area contributed by atoms with E-state index in [1.807, 2.05) is 26.0 Å². The number of carbonyl (C=O) groups excluding carboxylic acids is 4. The SMILES string of the molecule is Cc1ccc(C)c(C(=O)COC(=O)c2cccc(N3C(=O)[C@H]4[C@@H]5C[C@@H]([C@@H](Br)[C@H]5Br)[C@@H]4C3=O)c2)c1. The van der Waals surface area contributed by atoms with Crippen LogP contribution in [-0.2, 0) is 14.3 Å². The van der Waals surface area contributed by atoms with Crippen molar-refractivity contribution >= 4 is 61.1 Å². The maximum Gasteiger partial charge on any atom is 0.338 e. The Morgan fingerprint density at radius 2 is 1.62 bits per heavy atom. The number of ether oxygens (including phenoxy) is 1. The molecule has 0 N–H and O–H groups in total. The van der Waals surface area contributed by atoms with Crippen molar-refractivity contribution in [3.05, 3.63) is 64.7 Å². The Bertz CT molecular complexity index is 1200. The van der Waals surface area contributed by atoms with Crippen LogP contribution in [0.15, 0.2) is 42.5 Å². The van der Waals surface area contributed by atoms with Gasteiger partial charge in [0.25, 0.3) is 0 Å². The molecule has 6 atom stereocenters.